The van der Waals surface area contributed by atoms with E-state index in [1.807, 2.05) is 37.3 Å². The van der Waals surface area contributed by atoms with Crippen LogP contribution in [-0.4, -0.2) is 21.4 Å². The molecule has 0 fully saturated rings. The van der Waals surface area contributed by atoms with Crippen LogP contribution in [-0.2, 0) is 5.75 Å². The average molecular weight is 263 g/mol. The van der Waals surface area contributed by atoms with Gasteiger partial charge in [-0.3, -0.25) is 0 Å². The summed E-state index contributed by atoms with van der Waals surface area (Å²) >= 11 is 1.64. The molecule has 1 heterocycles. The van der Waals surface area contributed by atoms with Gasteiger partial charge in [0.05, 0.1) is 18.1 Å². The third-order valence-corrected chi connectivity index (χ3v) is 4.09. The van der Waals surface area contributed by atoms with E-state index in [1.54, 1.807) is 24.9 Å². The molecule has 0 saturated carbocycles. The van der Waals surface area contributed by atoms with Gasteiger partial charge in [-0.05, 0) is 6.92 Å². The molecule has 0 spiro atoms. The molecule has 0 aliphatic heterocycles. The Morgan fingerprint density at radius 3 is 2.67 bits per heavy atom. The Kier molecular flexibility index (Phi) is 4.44. The van der Waals surface area contributed by atoms with Crippen molar-refractivity contribution < 1.29 is 9.52 Å². The van der Waals surface area contributed by atoms with E-state index in [9.17, 15) is 5.11 Å². The van der Waals surface area contributed by atoms with Gasteiger partial charge in [0.2, 0.25) is 5.89 Å². The van der Waals surface area contributed by atoms with E-state index >= 15 is 0 Å². The van der Waals surface area contributed by atoms with E-state index in [0.29, 0.717) is 11.6 Å². The Morgan fingerprint density at radius 2 is 2.00 bits per heavy atom. The second-order valence-electron chi connectivity index (χ2n) is 4.24. The Bertz CT molecular complexity index is 482. The number of benzene rings is 1. The molecular weight excluding hydrogens is 246 g/mol. The zero-order valence-electron chi connectivity index (χ0n) is 10.5. The lowest BCUT2D eigenvalue weighted by Crippen LogP contribution is -2.15. The topological polar surface area (TPSA) is 46.3 Å². The third kappa shape index (κ3) is 3.37. The predicted molar refractivity (Wildman–Crippen MR) is 74.4 cm³/mol. The normalized spacial score (nSPS) is 14.4. The van der Waals surface area contributed by atoms with Crippen molar-refractivity contribution >= 4 is 11.8 Å². The molecule has 0 aliphatic carbocycles. The van der Waals surface area contributed by atoms with Crippen molar-refractivity contribution in [2.24, 2.45) is 0 Å². The predicted octanol–water partition coefficient (Wildman–Crippen LogP) is 3.34. The molecule has 1 N–H and O–H groups in total. The zero-order chi connectivity index (χ0) is 13.0. The first-order valence-electron chi connectivity index (χ1n) is 5.96. The summed E-state index contributed by atoms with van der Waals surface area (Å²) in [5.74, 6) is 2.17. The van der Waals surface area contributed by atoms with E-state index in [0.717, 1.165) is 11.3 Å². The van der Waals surface area contributed by atoms with Crippen molar-refractivity contribution in [3.63, 3.8) is 0 Å². The van der Waals surface area contributed by atoms with Crippen LogP contribution >= 0.6 is 11.8 Å². The first-order valence-corrected chi connectivity index (χ1v) is 7.01. The molecular formula is C14H17NO2S. The highest BCUT2D eigenvalue weighted by Gasteiger charge is 2.12. The van der Waals surface area contributed by atoms with E-state index in [1.165, 1.54) is 0 Å². The molecule has 0 radical (unpaired) electrons. The zero-order valence-corrected chi connectivity index (χ0v) is 11.4. The summed E-state index contributed by atoms with van der Waals surface area (Å²) in [6.45, 7) is 3.79. The number of aliphatic hydroxyl groups excluding tert-OH is 1. The fraction of sp³-hybridized carbons (Fsp3) is 0.357. The Balaban J connectivity index is 1.99. The van der Waals surface area contributed by atoms with Crippen LogP contribution in [0.4, 0.5) is 0 Å². The van der Waals surface area contributed by atoms with Crippen LogP contribution in [0.3, 0.4) is 0 Å². The van der Waals surface area contributed by atoms with Crippen molar-refractivity contribution in [3.05, 3.63) is 42.4 Å². The van der Waals surface area contributed by atoms with Crippen LogP contribution in [0.25, 0.3) is 11.3 Å². The molecule has 3 nitrogen and oxygen atoms in total. The van der Waals surface area contributed by atoms with Gasteiger partial charge in [0, 0.05) is 10.8 Å². The smallest absolute Gasteiger partial charge is 0.204 e. The van der Waals surface area contributed by atoms with Gasteiger partial charge in [0.25, 0.3) is 0 Å². The largest absolute Gasteiger partial charge is 0.440 e. The number of hydrogen-bond donors (Lipinski definition) is 1. The van der Waals surface area contributed by atoms with Gasteiger partial charge < -0.3 is 9.52 Å². The summed E-state index contributed by atoms with van der Waals surface area (Å²) < 4.78 is 5.69. The number of oxazole rings is 1. The molecule has 0 amide bonds. The minimum Gasteiger partial charge on any atom is -0.440 e. The summed E-state index contributed by atoms with van der Waals surface area (Å²) in [7, 11) is 0. The van der Waals surface area contributed by atoms with Gasteiger partial charge in [-0.25, -0.2) is 4.98 Å². The lowest BCUT2D eigenvalue weighted by atomic mass is 10.2. The van der Waals surface area contributed by atoms with Crippen molar-refractivity contribution in [1.29, 1.82) is 0 Å². The Labute approximate surface area is 111 Å². The first-order chi connectivity index (χ1) is 8.66. The molecule has 2 atom stereocenters. The van der Waals surface area contributed by atoms with Gasteiger partial charge in [0.15, 0.2) is 5.76 Å². The lowest BCUT2D eigenvalue weighted by molar-refractivity contribution is 0.196. The molecule has 18 heavy (non-hydrogen) atoms. The fourth-order valence-corrected chi connectivity index (χ4v) is 2.27. The summed E-state index contributed by atoms with van der Waals surface area (Å²) in [4.78, 5) is 4.25. The average Bonchev–Trinajstić information content (AvgIpc) is 2.85. The molecule has 96 valence electrons. The van der Waals surface area contributed by atoms with Crippen molar-refractivity contribution in [2.75, 3.05) is 0 Å². The second kappa shape index (κ2) is 6.07. The summed E-state index contributed by atoms with van der Waals surface area (Å²) in [6, 6.07) is 9.91. The monoisotopic (exact) mass is 263 g/mol. The Morgan fingerprint density at radius 1 is 1.28 bits per heavy atom. The van der Waals surface area contributed by atoms with Crippen LogP contribution in [0.1, 0.15) is 19.7 Å². The van der Waals surface area contributed by atoms with Gasteiger partial charge in [-0.15, -0.1) is 11.8 Å². The van der Waals surface area contributed by atoms with Gasteiger partial charge in [0.1, 0.15) is 0 Å². The number of nitrogens with zero attached hydrogens (tertiary/aromatic N) is 1. The van der Waals surface area contributed by atoms with E-state index in [4.69, 9.17) is 4.42 Å². The highest BCUT2D eigenvalue weighted by molar-refractivity contribution is 7.99. The molecule has 4 heteroatoms. The number of aliphatic hydroxyl groups is 1. The SMILES string of the molecule is CC(O)C(C)SCc1ncc(-c2ccccc2)o1. The maximum Gasteiger partial charge on any atom is 0.204 e. The fourth-order valence-electron chi connectivity index (χ4n) is 1.45. The van der Waals surface area contributed by atoms with Gasteiger partial charge in [-0.2, -0.15) is 0 Å². The number of rotatable bonds is 5. The van der Waals surface area contributed by atoms with Gasteiger partial charge >= 0.3 is 0 Å². The van der Waals surface area contributed by atoms with Crippen molar-refractivity contribution in [3.8, 4) is 11.3 Å². The lowest BCUT2D eigenvalue weighted by Gasteiger charge is -2.12. The standard InChI is InChI=1S/C14H17NO2S/c1-10(16)11(2)18-9-14-15-8-13(17-14)12-6-4-3-5-7-12/h3-8,10-11,16H,9H2,1-2H3. The van der Waals surface area contributed by atoms with E-state index < -0.39 is 0 Å². The van der Waals surface area contributed by atoms with Crippen LogP contribution in [0, 0.1) is 0 Å². The summed E-state index contributed by atoms with van der Waals surface area (Å²) in [5.41, 5.74) is 1.03. The molecule has 0 bridgehead atoms. The summed E-state index contributed by atoms with van der Waals surface area (Å²) in [6.07, 6.45) is 1.43. The third-order valence-electron chi connectivity index (χ3n) is 2.76. The highest BCUT2D eigenvalue weighted by Crippen LogP contribution is 2.24. The first kappa shape index (κ1) is 13.2. The van der Waals surface area contributed by atoms with Crippen LogP contribution in [0.15, 0.2) is 40.9 Å². The molecule has 0 saturated heterocycles. The van der Waals surface area contributed by atoms with Gasteiger partial charge in [-0.1, -0.05) is 37.3 Å². The quantitative estimate of drug-likeness (QED) is 0.898. The van der Waals surface area contributed by atoms with E-state index in [2.05, 4.69) is 4.98 Å². The molecule has 1 aromatic carbocycles. The molecule has 1 aromatic heterocycles. The molecule has 0 aliphatic rings. The van der Waals surface area contributed by atoms with Crippen molar-refractivity contribution in [2.45, 2.75) is 31.0 Å². The maximum atomic E-state index is 9.41. The van der Waals surface area contributed by atoms with Crippen molar-refractivity contribution in [1.82, 2.24) is 4.98 Å². The molecule has 2 aromatic rings. The van der Waals surface area contributed by atoms with E-state index in [-0.39, 0.29) is 11.4 Å². The van der Waals surface area contributed by atoms with Crippen LogP contribution in [0.2, 0.25) is 0 Å². The number of aromatic nitrogens is 1. The minimum absolute atomic E-state index is 0.178. The minimum atomic E-state index is -0.321. The highest BCUT2D eigenvalue weighted by atomic mass is 32.2. The number of hydrogen-bond acceptors (Lipinski definition) is 4. The maximum absolute atomic E-state index is 9.41. The van der Waals surface area contributed by atoms with Crippen LogP contribution in [0.5, 0.6) is 0 Å². The van der Waals surface area contributed by atoms with Crippen LogP contribution < -0.4 is 0 Å². The summed E-state index contributed by atoms with van der Waals surface area (Å²) in [5, 5.41) is 9.59. The Hall–Kier alpha value is -1.26. The molecule has 2 unspecified atom stereocenters. The molecule has 2 rings (SSSR count). The number of thioether (sulfide) groups is 1. The second-order valence-corrected chi connectivity index (χ2v) is 5.61.